The maximum absolute atomic E-state index is 12.4. The van der Waals surface area contributed by atoms with E-state index in [1.165, 1.54) is 11.3 Å². The van der Waals surface area contributed by atoms with Gasteiger partial charge in [0.1, 0.15) is 5.69 Å². The Labute approximate surface area is 153 Å². The molecule has 3 aromatic rings. The standard InChI is InChI=1S/C16H14Cl2N4OS/c1-3-22-14(6-9(2)21-22)15(23)20-16-19-13(8-24-16)11-5-4-10(17)7-12(11)18/h4-8H,3H2,1-2H3,(H,19,20,23). The van der Waals surface area contributed by atoms with Crippen LogP contribution in [0.15, 0.2) is 29.6 Å². The molecule has 0 spiro atoms. The van der Waals surface area contributed by atoms with E-state index in [1.807, 2.05) is 19.2 Å². The van der Waals surface area contributed by atoms with Gasteiger partial charge in [-0.15, -0.1) is 11.3 Å². The molecule has 3 rings (SSSR count). The average molecular weight is 381 g/mol. The van der Waals surface area contributed by atoms with Crippen LogP contribution in [-0.4, -0.2) is 20.7 Å². The monoisotopic (exact) mass is 380 g/mol. The highest BCUT2D eigenvalue weighted by molar-refractivity contribution is 7.14. The van der Waals surface area contributed by atoms with Crippen LogP contribution in [0.4, 0.5) is 5.13 Å². The van der Waals surface area contributed by atoms with Gasteiger partial charge in [0.05, 0.1) is 16.4 Å². The van der Waals surface area contributed by atoms with Crippen LogP contribution < -0.4 is 5.32 Å². The number of amides is 1. The van der Waals surface area contributed by atoms with Crippen LogP contribution in [0.5, 0.6) is 0 Å². The van der Waals surface area contributed by atoms with Crippen molar-refractivity contribution in [1.82, 2.24) is 14.8 Å². The maximum Gasteiger partial charge on any atom is 0.275 e. The molecular weight excluding hydrogens is 367 g/mol. The maximum atomic E-state index is 12.4. The number of halogens is 2. The zero-order chi connectivity index (χ0) is 17.3. The molecule has 0 fully saturated rings. The number of hydrogen-bond donors (Lipinski definition) is 1. The quantitative estimate of drug-likeness (QED) is 0.700. The molecule has 0 bridgehead atoms. The number of thiazole rings is 1. The molecule has 2 aromatic heterocycles. The van der Waals surface area contributed by atoms with Crippen molar-refractivity contribution in [3.63, 3.8) is 0 Å². The molecule has 0 aliphatic heterocycles. The number of carbonyl (C=O) groups is 1. The average Bonchev–Trinajstić information content (AvgIpc) is 3.13. The van der Waals surface area contributed by atoms with Gasteiger partial charge >= 0.3 is 0 Å². The molecule has 124 valence electrons. The fraction of sp³-hybridized carbons (Fsp3) is 0.188. The summed E-state index contributed by atoms with van der Waals surface area (Å²) in [5, 5.41) is 10.5. The number of carbonyl (C=O) groups excluding carboxylic acids is 1. The number of hydrogen-bond acceptors (Lipinski definition) is 4. The molecule has 0 aliphatic carbocycles. The topological polar surface area (TPSA) is 59.8 Å². The zero-order valence-corrected chi connectivity index (χ0v) is 15.3. The van der Waals surface area contributed by atoms with Gasteiger partial charge in [0, 0.05) is 22.5 Å². The van der Waals surface area contributed by atoms with Gasteiger partial charge in [-0.3, -0.25) is 14.8 Å². The summed E-state index contributed by atoms with van der Waals surface area (Å²) in [4.78, 5) is 16.8. The number of benzene rings is 1. The van der Waals surface area contributed by atoms with Gasteiger partial charge in [-0.1, -0.05) is 23.2 Å². The van der Waals surface area contributed by atoms with Crippen molar-refractivity contribution in [3.05, 3.63) is 51.1 Å². The molecule has 0 unspecified atom stereocenters. The minimum Gasteiger partial charge on any atom is -0.296 e. The summed E-state index contributed by atoms with van der Waals surface area (Å²) in [6, 6.07) is 6.98. The normalized spacial score (nSPS) is 10.8. The van der Waals surface area contributed by atoms with E-state index in [2.05, 4.69) is 15.4 Å². The molecular formula is C16H14Cl2N4OS. The Morgan fingerprint density at radius 3 is 2.83 bits per heavy atom. The fourth-order valence-electron chi connectivity index (χ4n) is 2.28. The van der Waals surface area contributed by atoms with Crippen molar-refractivity contribution in [1.29, 1.82) is 0 Å². The summed E-state index contributed by atoms with van der Waals surface area (Å²) in [7, 11) is 0. The highest BCUT2D eigenvalue weighted by Gasteiger charge is 2.16. The van der Waals surface area contributed by atoms with Gasteiger partial charge in [-0.2, -0.15) is 5.10 Å². The second kappa shape index (κ2) is 6.93. The summed E-state index contributed by atoms with van der Waals surface area (Å²) in [6.07, 6.45) is 0. The van der Waals surface area contributed by atoms with E-state index in [9.17, 15) is 4.79 Å². The molecule has 1 aromatic carbocycles. The van der Waals surface area contributed by atoms with Crippen LogP contribution in [0.3, 0.4) is 0 Å². The molecule has 0 saturated heterocycles. The molecule has 24 heavy (non-hydrogen) atoms. The van der Waals surface area contributed by atoms with E-state index in [-0.39, 0.29) is 5.91 Å². The number of rotatable bonds is 4. The third-order valence-electron chi connectivity index (χ3n) is 3.37. The highest BCUT2D eigenvalue weighted by Crippen LogP contribution is 2.32. The van der Waals surface area contributed by atoms with Crippen LogP contribution in [0, 0.1) is 6.92 Å². The van der Waals surface area contributed by atoms with E-state index in [0.29, 0.717) is 33.1 Å². The first-order valence-corrected chi connectivity index (χ1v) is 8.88. The number of nitrogens with zero attached hydrogens (tertiary/aromatic N) is 3. The van der Waals surface area contributed by atoms with E-state index >= 15 is 0 Å². The molecule has 1 amide bonds. The van der Waals surface area contributed by atoms with Crippen molar-refractivity contribution in [2.45, 2.75) is 20.4 Å². The molecule has 1 N–H and O–H groups in total. The summed E-state index contributed by atoms with van der Waals surface area (Å²) in [6.45, 7) is 4.42. The number of aromatic nitrogens is 3. The molecule has 0 radical (unpaired) electrons. The first kappa shape index (κ1) is 17.0. The predicted molar refractivity (Wildman–Crippen MR) is 98.2 cm³/mol. The molecule has 0 atom stereocenters. The minimum atomic E-state index is -0.236. The zero-order valence-electron chi connectivity index (χ0n) is 13.0. The van der Waals surface area contributed by atoms with Crippen molar-refractivity contribution < 1.29 is 4.79 Å². The van der Waals surface area contributed by atoms with Gasteiger partial charge in [0.25, 0.3) is 5.91 Å². The highest BCUT2D eigenvalue weighted by atomic mass is 35.5. The lowest BCUT2D eigenvalue weighted by atomic mass is 10.2. The van der Waals surface area contributed by atoms with Crippen molar-refractivity contribution in [2.75, 3.05) is 5.32 Å². The first-order chi connectivity index (χ1) is 11.5. The third-order valence-corrected chi connectivity index (χ3v) is 4.67. The Morgan fingerprint density at radius 1 is 1.33 bits per heavy atom. The van der Waals surface area contributed by atoms with Crippen LogP contribution in [-0.2, 0) is 6.54 Å². The SMILES string of the molecule is CCn1nc(C)cc1C(=O)Nc1nc(-c2ccc(Cl)cc2Cl)cs1. The molecule has 8 heteroatoms. The Morgan fingerprint density at radius 2 is 2.12 bits per heavy atom. The van der Waals surface area contributed by atoms with Crippen LogP contribution in [0.25, 0.3) is 11.3 Å². The number of anilines is 1. The lowest BCUT2D eigenvalue weighted by Gasteiger charge is -2.04. The lowest BCUT2D eigenvalue weighted by Crippen LogP contribution is -2.17. The number of aryl methyl sites for hydroxylation is 2. The van der Waals surface area contributed by atoms with Crippen molar-refractivity contribution >= 4 is 45.6 Å². The Kier molecular flexibility index (Phi) is 4.89. The number of nitrogens with one attached hydrogen (secondary N) is 1. The van der Waals surface area contributed by atoms with Crippen LogP contribution in [0.2, 0.25) is 10.0 Å². The summed E-state index contributed by atoms with van der Waals surface area (Å²) in [5.74, 6) is -0.236. The molecule has 2 heterocycles. The molecule has 5 nitrogen and oxygen atoms in total. The smallest absolute Gasteiger partial charge is 0.275 e. The summed E-state index contributed by atoms with van der Waals surface area (Å²) < 4.78 is 1.66. The Bertz CT molecular complexity index is 903. The van der Waals surface area contributed by atoms with E-state index in [0.717, 1.165) is 11.3 Å². The van der Waals surface area contributed by atoms with Crippen LogP contribution in [0.1, 0.15) is 23.1 Å². The van der Waals surface area contributed by atoms with Crippen LogP contribution >= 0.6 is 34.5 Å². The second-order valence-corrected chi connectivity index (χ2v) is 6.80. The third kappa shape index (κ3) is 3.45. The second-order valence-electron chi connectivity index (χ2n) is 5.10. The van der Waals surface area contributed by atoms with Crippen molar-refractivity contribution in [3.8, 4) is 11.3 Å². The molecule has 0 aliphatic rings. The predicted octanol–water partition coefficient (Wildman–Crippen LogP) is 4.89. The van der Waals surface area contributed by atoms with Gasteiger partial charge in [0.15, 0.2) is 5.13 Å². The Hall–Kier alpha value is -1.89. The van der Waals surface area contributed by atoms with Gasteiger partial charge in [-0.05, 0) is 38.1 Å². The van der Waals surface area contributed by atoms with E-state index in [1.54, 1.807) is 28.9 Å². The molecule has 0 saturated carbocycles. The summed E-state index contributed by atoms with van der Waals surface area (Å²) >= 11 is 13.4. The minimum absolute atomic E-state index is 0.236. The van der Waals surface area contributed by atoms with Gasteiger partial charge < -0.3 is 0 Å². The first-order valence-electron chi connectivity index (χ1n) is 7.24. The van der Waals surface area contributed by atoms with Crippen molar-refractivity contribution in [2.24, 2.45) is 0 Å². The largest absolute Gasteiger partial charge is 0.296 e. The van der Waals surface area contributed by atoms with Gasteiger partial charge in [0.2, 0.25) is 0 Å². The van der Waals surface area contributed by atoms with E-state index in [4.69, 9.17) is 23.2 Å². The van der Waals surface area contributed by atoms with E-state index < -0.39 is 0 Å². The Balaban J connectivity index is 1.82. The summed E-state index contributed by atoms with van der Waals surface area (Å²) in [5.41, 5.74) is 2.77. The lowest BCUT2D eigenvalue weighted by molar-refractivity contribution is 0.101. The fourth-order valence-corrected chi connectivity index (χ4v) is 3.49. The van der Waals surface area contributed by atoms with Gasteiger partial charge in [-0.25, -0.2) is 4.98 Å².